The molecule has 0 unspecified atom stereocenters. The first-order valence-electron chi connectivity index (χ1n) is 4.27. The van der Waals surface area contributed by atoms with Crippen LogP contribution in [-0.4, -0.2) is 16.3 Å². The summed E-state index contributed by atoms with van der Waals surface area (Å²) < 4.78 is 2.00. The topological polar surface area (TPSA) is 29.9 Å². The molecule has 3 nitrogen and oxygen atoms in total. The minimum atomic E-state index is 0.666. The molecule has 0 bridgehead atoms. The second-order valence-electron chi connectivity index (χ2n) is 2.96. The summed E-state index contributed by atoms with van der Waals surface area (Å²) in [5.74, 6) is 0. The third-order valence-electron chi connectivity index (χ3n) is 2.26. The van der Waals surface area contributed by atoms with E-state index in [9.17, 15) is 0 Å². The first kappa shape index (κ1) is 8.08. The Bertz CT molecular complexity index is 293. The molecule has 1 N–H and O–H groups in total. The van der Waals surface area contributed by atoms with Gasteiger partial charge in [-0.2, -0.15) is 5.10 Å². The van der Waals surface area contributed by atoms with Gasteiger partial charge in [0.1, 0.15) is 0 Å². The fraction of sp³-hybridized carbons (Fsp3) is 0.625. The largest absolute Gasteiger partial charge is 0.312 e. The van der Waals surface area contributed by atoms with E-state index in [-0.39, 0.29) is 0 Å². The highest BCUT2D eigenvalue weighted by atomic mass is 35.5. The van der Waals surface area contributed by atoms with Crippen molar-refractivity contribution < 1.29 is 0 Å². The maximum atomic E-state index is 5.97. The van der Waals surface area contributed by atoms with Crippen molar-refractivity contribution in [2.75, 3.05) is 6.54 Å². The van der Waals surface area contributed by atoms with Gasteiger partial charge >= 0.3 is 0 Å². The molecular weight excluding hydrogens is 174 g/mol. The van der Waals surface area contributed by atoms with Crippen LogP contribution in [0.4, 0.5) is 0 Å². The van der Waals surface area contributed by atoms with Crippen LogP contribution in [0.5, 0.6) is 0 Å². The highest BCUT2D eigenvalue weighted by Gasteiger charge is 2.17. The van der Waals surface area contributed by atoms with Gasteiger partial charge in [0.15, 0.2) is 5.15 Å². The Hall–Kier alpha value is -0.540. The fourth-order valence-corrected chi connectivity index (χ4v) is 1.91. The lowest BCUT2D eigenvalue weighted by atomic mass is 10.1. The van der Waals surface area contributed by atoms with Gasteiger partial charge in [0.25, 0.3) is 0 Å². The number of fused-ring (bicyclic) bond motifs is 1. The molecule has 0 aromatic carbocycles. The molecule has 0 amide bonds. The van der Waals surface area contributed by atoms with E-state index in [0.29, 0.717) is 5.15 Å². The van der Waals surface area contributed by atoms with E-state index in [2.05, 4.69) is 17.3 Å². The van der Waals surface area contributed by atoms with Gasteiger partial charge in [0, 0.05) is 37.3 Å². The molecule has 0 saturated carbocycles. The van der Waals surface area contributed by atoms with Crippen molar-refractivity contribution in [3.05, 3.63) is 16.4 Å². The summed E-state index contributed by atoms with van der Waals surface area (Å²) in [7, 11) is 0. The van der Waals surface area contributed by atoms with E-state index in [0.717, 1.165) is 26.1 Å². The second-order valence-corrected chi connectivity index (χ2v) is 3.32. The third kappa shape index (κ3) is 1.13. The zero-order valence-corrected chi connectivity index (χ0v) is 7.86. The number of hydrogen-bond acceptors (Lipinski definition) is 2. The van der Waals surface area contributed by atoms with Gasteiger partial charge in [-0.05, 0) is 6.92 Å². The smallest absolute Gasteiger partial charge is 0.155 e. The number of nitrogens with one attached hydrogen (secondary N) is 1. The Balaban J connectivity index is 2.47. The van der Waals surface area contributed by atoms with E-state index < -0.39 is 0 Å². The first-order chi connectivity index (χ1) is 5.83. The van der Waals surface area contributed by atoms with E-state index in [1.807, 2.05) is 4.68 Å². The SMILES string of the molecule is CCn1nc(Cl)c2c1CCNC2. The molecule has 12 heavy (non-hydrogen) atoms. The van der Waals surface area contributed by atoms with Crippen molar-refractivity contribution in [1.29, 1.82) is 0 Å². The van der Waals surface area contributed by atoms with Gasteiger partial charge in [-0.1, -0.05) is 11.6 Å². The summed E-state index contributed by atoms with van der Waals surface area (Å²) in [5, 5.41) is 8.20. The number of rotatable bonds is 1. The predicted octanol–water partition coefficient (Wildman–Crippen LogP) is 1.20. The van der Waals surface area contributed by atoms with Crippen LogP contribution in [0.15, 0.2) is 0 Å². The van der Waals surface area contributed by atoms with Crippen molar-refractivity contribution in [3.63, 3.8) is 0 Å². The third-order valence-corrected chi connectivity index (χ3v) is 2.56. The van der Waals surface area contributed by atoms with Crippen molar-refractivity contribution in [3.8, 4) is 0 Å². The molecule has 0 spiro atoms. The summed E-state index contributed by atoms with van der Waals surface area (Å²) in [4.78, 5) is 0. The van der Waals surface area contributed by atoms with Crippen LogP contribution in [0.2, 0.25) is 5.15 Å². The van der Waals surface area contributed by atoms with E-state index in [1.165, 1.54) is 11.3 Å². The number of aryl methyl sites for hydroxylation is 1. The highest BCUT2D eigenvalue weighted by Crippen LogP contribution is 2.21. The van der Waals surface area contributed by atoms with Crippen LogP contribution >= 0.6 is 11.6 Å². The zero-order chi connectivity index (χ0) is 8.55. The maximum Gasteiger partial charge on any atom is 0.155 e. The van der Waals surface area contributed by atoms with Gasteiger partial charge in [-0.25, -0.2) is 0 Å². The maximum absolute atomic E-state index is 5.97. The summed E-state index contributed by atoms with van der Waals surface area (Å²) in [6, 6.07) is 0. The minimum absolute atomic E-state index is 0.666. The van der Waals surface area contributed by atoms with Crippen LogP contribution in [0.1, 0.15) is 18.2 Å². The van der Waals surface area contributed by atoms with Crippen molar-refractivity contribution >= 4 is 11.6 Å². The molecule has 1 aliphatic heterocycles. The summed E-state index contributed by atoms with van der Waals surface area (Å²) in [5.41, 5.74) is 2.49. The molecule has 1 aliphatic rings. The summed E-state index contributed by atoms with van der Waals surface area (Å²) >= 11 is 5.97. The molecule has 66 valence electrons. The second kappa shape index (κ2) is 3.07. The molecule has 0 aliphatic carbocycles. The standard InChI is InChI=1S/C8H12ClN3/c1-2-12-7-3-4-10-5-6(7)8(9)11-12/h10H,2-5H2,1H3. The van der Waals surface area contributed by atoms with Crippen molar-refractivity contribution in [2.24, 2.45) is 0 Å². The van der Waals surface area contributed by atoms with E-state index in [4.69, 9.17) is 11.6 Å². The normalized spacial score (nSPS) is 16.2. The van der Waals surface area contributed by atoms with Gasteiger partial charge in [0.05, 0.1) is 0 Å². The Kier molecular flexibility index (Phi) is 2.07. The van der Waals surface area contributed by atoms with Crippen molar-refractivity contribution in [1.82, 2.24) is 15.1 Å². The van der Waals surface area contributed by atoms with Crippen LogP contribution in [-0.2, 0) is 19.5 Å². The van der Waals surface area contributed by atoms with E-state index >= 15 is 0 Å². The molecule has 2 rings (SSSR count). The molecule has 0 fully saturated rings. The fourth-order valence-electron chi connectivity index (χ4n) is 1.64. The molecule has 1 aromatic rings. The van der Waals surface area contributed by atoms with Crippen LogP contribution < -0.4 is 5.32 Å². The zero-order valence-electron chi connectivity index (χ0n) is 7.10. The Morgan fingerprint density at radius 2 is 2.50 bits per heavy atom. The quantitative estimate of drug-likeness (QED) is 0.713. The van der Waals surface area contributed by atoms with Crippen LogP contribution in [0.25, 0.3) is 0 Å². The van der Waals surface area contributed by atoms with Gasteiger partial charge in [-0.15, -0.1) is 0 Å². The first-order valence-corrected chi connectivity index (χ1v) is 4.65. The number of hydrogen-bond donors (Lipinski definition) is 1. The van der Waals surface area contributed by atoms with Gasteiger partial charge in [-0.3, -0.25) is 4.68 Å². The monoisotopic (exact) mass is 185 g/mol. The van der Waals surface area contributed by atoms with Crippen molar-refractivity contribution in [2.45, 2.75) is 26.4 Å². The molecular formula is C8H12ClN3. The van der Waals surface area contributed by atoms with Crippen LogP contribution in [0, 0.1) is 0 Å². The van der Waals surface area contributed by atoms with E-state index in [1.54, 1.807) is 0 Å². The Labute approximate surface area is 76.7 Å². The summed E-state index contributed by atoms with van der Waals surface area (Å²) in [6.07, 6.45) is 1.04. The van der Waals surface area contributed by atoms with Crippen LogP contribution in [0.3, 0.4) is 0 Å². The average Bonchev–Trinajstić information content (AvgIpc) is 2.44. The lowest BCUT2D eigenvalue weighted by Gasteiger charge is -2.13. The summed E-state index contributed by atoms with van der Waals surface area (Å²) in [6.45, 7) is 4.91. The molecule has 0 atom stereocenters. The average molecular weight is 186 g/mol. The minimum Gasteiger partial charge on any atom is -0.312 e. The molecule has 4 heteroatoms. The Morgan fingerprint density at radius 3 is 3.25 bits per heavy atom. The lowest BCUT2D eigenvalue weighted by Crippen LogP contribution is -2.24. The Morgan fingerprint density at radius 1 is 1.67 bits per heavy atom. The molecule has 2 heterocycles. The molecule has 0 radical (unpaired) electrons. The number of nitrogens with zero attached hydrogens (tertiary/aromatic N) is 2. The lowest BCUT2D eigenvalue weighted by molar-refractivity contribution is 0.571. The predicted molar refractivity (Wildman–Crippen MR) is 48.3 cm³/mol. The number of aromatic nitrogens is 2. The van der Waals surface area contributed by atoms with Gasteiger partial charge in [0.2, 0.25) is 0 Å². The molecule has 0 saturated heterocycles. The highest BCUT2D eigenvalue weighted by molar-refractivity contribution is 6.30. The molecule has 1 aromatic heterocycles. The van der Waals surface area contributed by atoms with Gasteiger partial charge < -0.3 is 5.32 Å². The number of halogens is 1.